The molecular weight excluding hydrogens is 312 g/mol. The van der Waals surface area contributed by atoms with Crippen molar-refractivity contribution < 1.29 is 14.4 Å². The first kappa shape index (κ1) is 20.0. The van der Waals surface area contributed by atoms with Crippen LogP contribution in [0.5, 0.6) is 0 Å². The highest BCUT2D eigenvalue weighted by molar-refractivity contribution is 7.99. The number of amides is 3. The van der Waals surface area contributed by atoms with Crippen molar-refractivity contribution in [2.24, 2.45) is 11.8 Å². The summed E-state index contributed by atoms with van der Waals surface area (Å²) in [6.07, 6.45) is 2.81. The van der Waals surface area contributed by atoms with Crippen LogP contribution in [0.1, 0.15) is 53.4 Å². The minimum Gasteiger partial charge on any atom is -0.354 e. The van der Waals surface area contributed by atoms with E-state index in [1.807, 2.05) is 25.6 Å². The molecule has 5 nitrogen and oxygen atoms in total. The van der Waals surface area contributed by atoms with Crippen LogP contribution in [-0.2, 0) is 14.4 Å². The quantitative estimate of drug-likeness (QED) is 0.489. The van der Waals surface area contributed by atoms with Gasteiger partial charge in [0, 0.05) is 37.1 Å². The summed E-state index contributed by atoms with van der Waals surface area (Å²) in [4.78, 5) is 37.0. The first-order chi connectivity index (χ1) is 10.9. The van der Waals surface area contributed by atoms with E-state index in [1.165, 1.54) is 4.90 Å². The number of nitrogens with one attached hydrogen (secondary N) is 1. The van der Waals surface area contributed by atoms with Gasteiger partial charge in [-0.3, -0.25) is 19.3 Å². The Hall–Kier alpha value is -1.04. The number of imide groups is 1. The van der Waals surface area contributed by atoms with Crippen molar-refractivity contribution in [1.29, 1.82) is 0 Å². The Labute approximate surface area is 143 Å². The molecule has 0 spiro atoms. The summed E-state index contributed by atoms with van der Waals surface area (Å²) < 4.78 is 0. The summed E-state index contributed by atoms with van der Waals surface area (Å²) in [6, 6.07) is 0. The van der Waals surface area contributed by atoms with Crippen molar-refractivity contribution in [1.82, 2.24) is 10.2 Å². The van der Waals surface area contributed by atoms with E-state index in [2.05, 4.69) is 19.2 Å². The SMILES string of the molecule is CCC(C)SCCCC(=O)NCCN1C(=O)CC(C(C)C)C1=O. The van der Waals surface area contributed by atoms with Crippen LogP contribution in [0, 0.1) is 11.8 Å². The Kier molecular flexibility index (Phi) is 8.66. The number of carbonyl (C=O) groups excluding carboxylic acids is 3. The number of likely N-dealkylation sites (tertiary alicyclic amines) is 1. The van der Waals surface area contributed by atoms with Gasteiger partial charge in [-0.25, -0.2) is 0 Å². The van der Waals surface area contributed by atoms with Crippen LogP contribution in [0.3, 0.4) is 0 Å². The molecule has 1 aliphatic rings. The smallest absolute Gasteiger partial charge is 0.233 e. The molecule has 0 aliphatic carbocycles. The van der Waals surface area contributed by atoms with Crippen LogP contribution in [0.4, 0.5) is 0 Å². The van der Waals surface area contributed by atoms with Gasteiger partial charge in [-0.05, 0) is 24.5 Å². The van der Waals surface area contributed by atoms with Crippen molar-refractivity contribution >= 4 is 29.5 Å². The fourth-order valence-corrected chi connectivity index (χ4v) is 3.44. The minimum atomic E-state index is -0.198. The highest BCUT2D eigenvalue weighted by atomic mass is 32.2. The monoisotopic (exact) mass is 342 g/mol. The van der Waals surface area contributed by atoms with E-state index < -0.39 is 0 Å². The molecule has 1 aliphatic heterocycles. The highest BCUT2D eigenvalue weighted by Gasteiger charge is 2.39. The Balaban J connectivity index is 2.20. The molecule has 2 unspecified atom stereocenters. The third kappa shape index (κ3) is 6.53. The third-order valence-corrected chi connectivity index (χ3v) is 5.69. The number of thioether (sulfide) groups is 1. The van der Waals surface area contributed by atoms with E-state index in [0.29, 0.717) is 24.6 Å². The Morgan fingerprint density at radius 3 is 2.61 bits per heavy atom. The number of rotatable bonds is 10. The van der Waals surface area contributed by atoms with Crippen molar-refractivity contribution in [3.05, 3.63) is 0 Å². The molecule has 23 heavy (non-hydrogen) atoms. The van der Waals surface area contributed by atoms with E-state index in [4.69, 9.17) is 0 Å². The van der Waals surface area contributed by atoms with E-state index in [0.717, 1.165) is 18.6 Å². The zero-order chi connectivity index (χ0) is 17.4. The van der Waals surface area contributed by atoms with Crippen molar-refractivity contribution in [2.75, 3.05) is 18.8 Å². The molecule has 0 aromatic heterocycles. The molecule has 1 N–H and O–H groups in total. The summed E-state index contributed by atoms with van der Waals surface area (Å²) in [5.74, 6) is 0.748. The maximum Gasteiger partial charge on any atom is 0.233 e. The summed E-state index contributed by atoms with van der Waals surface area (Å²) in [6.45, 7) is 8.90. The van der Waals surface area contributed by atoms with Gasteiger partial charge in [0.2, 0.25) is 17.7 Å². The lowest BCUT2D eigenvalue weighted by atomic mass is 9.94. The van der Waals surface area contributed by atoms with Gasteiger partial charge in [-0.1, -0.05) is 27.7 Å². The first-order valence-corrected chi connectivity index (χ1v) is 9.64. The number of carbonyl (C=O) groups is 3. The lowest BCUT2D eigenvalue weighted by molar-refractivity contribution is -0.140. The van der Waals surface area contributed by atoms with Crippen LogP contribution in [0.2, 0.25) is 0 Å². The van der Waals surface area contributed by atoms with Gasteiger partial charge in [-0.2, -0.15) is 11.8 Å². The van der Waals surface area contributed by atoms with E-state index in [1.54, 1.807) is 0 Å². The van der Waals surface area contributed by atoms with Crippen molar-refractivity contribution in [3.8, 4) is 0 Å². The summed E-state index contributed by atoms with van der Waals surface area (Å²) >= 11 is 1.89. The normalized spacial score (nSPS) is 19.5. The first-order valence-electron chi connectivity index (χ1n) is 8.59. The average Bonchev–Trinajstić information content (AvgIpc) is 2.79. The standard InChI is InChI=1S/C17H30N2O3S/c1-5-13(4)23-10-6-7-15(20)18-8-9-19-16(21)11-14(12(2)3)17(19)22/h12-14H,5-11H2,1-4H3,(H,18,20). The molecule has 0 bridgehead atoms. The summed E-state index contributed by atoms with van der Waals surface area (Å²) in [7, 11) is 0. The lowest BCUT2D eigenvalue weighted by Crippen LogP contribution is -2.38. The number of hydrogen-bond donors (Lipinski definition) is 1. The Morgan fingerprint density at radius 2 is 2.04 bits per heavy atom. The van der Waals surface area contributed by atoms with Gasteiger partial charge >= 0.3 is 0 Å². The van der Waals surface area contributed by atoms with E-state index >= 15 is 0 Å². The summed E-state index contributed by atoms with van der Waals surface area (Å²) in [5, 5.41) is 3.44. The molecule has 0 saturated carbocycles. The largest absolute Gasteiger partial charge is 0.354 e. The van der Waals surface area contributed by atoms with E-state index in [9.17, 15) is 14.4 Å². The van der Waals surface area contributed by atoms with Crippen LogP contribution in [0.15, 0.2) is 0 Å². The van der Waals surface area contributed by atoms with Crippen molar-refractivity contribution in [3.63, 3.8) is 0 Å². The molecule has 0 aromatic carbocycles. The van der Waals surface area contributed by atoms with Crippen molar-refractivity contribution in [2.45, 2.75) is 58.6 Å². The molecule has 2 atom stereocenters. The van der Waals surface area contributed by atoms with Crippen LogP contribution in [0.25, 0.3) is 0 Å². The molecule has 3 amide bonds. The van der Waals surface area contributed by atoms with Gasteiger partial charge in [-0.15, -0.1) is 0 Å². The minimum absolute atomic E-state index is 0.00532. The maximum atomic E-state index is 12.1. The maximum absolute atomic E-state index is 12.1. The second-order valence-corrected chi connectivity index (χ2v) is 8.03. The van der Waals surface area contributed by atoms with Gasteiger partial charge in [0.15, 0.2) is 0 Å². The molecule has 0 radical (unpaired) electrons. The van der Waals surface area contributed by atoms with Gasteiger partial charge < -0.3 is 5.32 Å². The fraction of sp³-hybridized carbons (Fsp3) is 0.824. The molecule has 1 heterocycles. The topological polar surface area (TPSA) is 66.5 Å². The molecule has 1 saturated heterocycles. The number of nitrogens with zero attached hydrogens (tertiary/aromatic N) is 1. The molecule has 6 heteroatoms. The van der Waals surface area contributed by atoms with Gasteiger partial charge in [0.1, 0.15) is 0 Å². The highest BCUT2D eigenvalue weighted by Crippen LogP contribution is 2.25. The average molecular weight is 343 g/mol. The predicted molar refractivity (Wildman–Crippen MR) is 94.1 cm³/mol. The predicted octanol–water partition coefficient (Wildman–Crippen LogP) is 2.45. The lowest BCUT2D eigenvalue weighted by Gasteiger charge is -2.16. The third-order valence-electron chi connectivity index (χ3n) is 4.27. The number of hydrogen-bond acceptors (Lipinski definition) is 4. The molecule has 132 valence electrons. The van der Waals surface area contributed by atoms with E-state index in [-0.39, 0.29) is 36.1 Å². The molecule has 1 rings (SSSR count). The second-order valence-electron chi connectivity index (χ2n) is 6.48. The zero-order valence-corrected chi connectivity index (χ0v) is 15.6. The fourth-order valence-electron chi connectivity index (χ4n) is 2.50. The Bertz CT molecular complexity index is 426. The van der Waals surface area contributed by atoms with Crippen LogP contribution >= 0.6 is 11.8 Å². The summed E-state index contributed by atoms with van der Waals surface area (Å²) in [5.41, 5.74) is 0. The van der Waals surface area contributed by atoms with Crippen LogP contribution < -0.4 is 5.32 Å². The molecule has 0 aromatic rings. The zero-order valence-electron chi connectivity index (χ0n) is 14.8. The molecule has 1 fully saturated rings. The van der Waals surface area contributed by atoms with Gasteiger partial charge in [0.25, 0.3) is 0 Å². The molecular formula is C17H30N2O3S. The van der Waals surface area contributed by atoms with Gasteiger partial charge in [0.05, 0.1) is 0 Å². The second kappa shape index (κ2) is 9.96. The van der Waals surface area contributed by atoms with Crippen LogP contribution in [-0.4, -0.2) is 46.7 Å². The Morgan fingerprint density at radius 1 is 1.35 bits per heavy atom.